The minimum absolute atomic E-state index is 0.0209. The third-order valence-electron chi connectivity index (χ3n) is 2.64. The van der Waals surface area contributed by atoms with Gasteiger partial charge in [-0.1, -0.05) is 29.8 Å². The van der Waals surface area contributed by atoms with E-state index in [0.29, 0.717) is 16.7 Å². The predicted molar refractivity (Wildman–Crippen MR) is 77.8 cm³/mol. The molecule has 0 unspecified atom stereocenters. The van der Waals surface area contributed by atoms with E-state index in [-0.39, 0.29) is 17.4 Å². The maximum atomic E-state index is 12.4. The minimum atomic E-state index is -0.305. The second-order valence-electron chi connectivity index (χ2n) is 4.59. The Balaban J connectivity index is 2.82. The quantitative estimate of drug-likeness (QED) is 0.922. The Labute approximate surface area is 118 Å². The molecule has 0 saturated heterocycles. The van der Waals surface area contributed by atoms with Crippen LogP contribution in [0.1, 0.15) is 32.5 Å². The van der Waals surface area contributed by atoms with Crippen LogP contribution >= 0.6 is 15.9 Å². The van der Waals surface area contributed by atoms with Crippen LogP contribution in [0.4, 0.5) is 0 Å². The Kier molecular flexibility index (Phi) is 3.71. The van der Waals surface area contributed by atoms with Crippen LogP contribution < -0.4 is 11.0 Å². The summed E-state index contributed by atoms with van der Waals surface area (Å²) in [4.78, 5) is 28.1. The average Bonchev–Trinajstić information content (AvgIpc) is 2.32. The van der Waals surface area contributed by atoms with Crippen LogP contribution in [0.2, 0.25) is 0 Å². The first kappa shape index (κ1) is 13.7. The summed E-state index contributed by atoms with van der Waals surface area (Å²) >= 11 is 3.33. The molecule has 1 heterocycles. The fraction of sp³-hybridized carbons (Fsp3) is 0.308. The molecule has 5 nitrogen and oxygen atoms in total. The monoisotopic (exact) mass is 323 g/mol. The van der Waals surface area contributed by atoms with E-state index in [1.807, 2.05) is 19.9 Å². The molecule has 0 aliphatic rings. The maximum absolute atomic E-state index is 12.4. The molecule has 0 aliphatic carbocycles. The number of amides is 1. The number of fused-ring (bicyclic) bond motifs is 1. The predicted octanol–water partition coefficient (Wildman–Crippen LogP) is 2.37. The van der Waals surface area contributed by atoms with E-state index >= 15 is 0 Å². The standard InChI is InChI=1S/C13H14BrN3O2/c1-7(2)12-15-11-5-4-9(14)6-10(11)13(19)17(12)16-8(3)18/h4-7H,1-3H3,(H,16,18). The fourth-order valence-electron chi connectivity index (χ4n) is 1.83. The summed E-state index contributed by atoms with van der Waals surface area (Å²) in [5.41, 5.74) is 2.87. The minimum Gasteiger partial charge on any atom is -0.274 e. The molecule has 1 aromatic carbocycles. The Hall–Kier alpha value is -1.69. The third-order valence-corrected chi connectivity index (χ3v) is 3.14. The summed E-state index contributed by atoms with van der Waals surface area (Å²) in [7, 11) is 0. The first-order valence-corrected chi connectivity index (χ1v) is 6.69. The van der Waals surface area contributed by atoms with Crippen molar-refractivity contribution in [2.45, 2.75) is 26.7 Å². The van der Waals surface area contributed by atoms with Crippen LogP contribution in [-0.4, -0.2) is 15.6 Å². The Morgan fingerprint density at radius 2 is 2.11 bits per heavy atom. The first-order valence-electron chi connectivity index (χ1n) is 5.90. The number of nitrogens with zero attached hydrogens (tertiary/aromatic N) is 2. The number of hydrogen-bond acceptors (Lipinski definition) is 3. The summed E-state index contributed by atoms with van der Waals surface area (Å²) < 4.78 is 2.02. The van der Waals surface area contributed by atoms with Crippen molar-refractivity contribution in [3.8, 4) is 0 Å². The molecule has 0 spiro atoms. The van der Waals surface area contributed by atoms with Crippen LogP contribution in [0.3, 0.4) is 0 Å². The first-order chi connectivity index (χ1) is 8.90. The summed E-state index contributed by atoms with van der Waals surface area (Å²) in [6.45, 7) is 5.21. The van der Waals surface area contributed by atoms with Crippen molar-refractivity contribution in [2.75, 3.05) is 5.43 Å². The van der Waals surface area contributed by atoms with Gasteiger partial charge in [0, 0.05) is 17.3 Å². The third kappa shape index (κ3) is 2.68. The smallest absolute Gasteiger partial charge is 0.274 e. The van der Waals surface area contributed by atoms with E-state index in [1.165, 1.54) is 11.6 Å². The molecule has 1 aromatic heterocycles. The number of rotatable bonds is 2. The molecule has 0 aliphatic heterocycles. The molecule has 19 heavy (non-hydrogen) atoms. The number of hydrogen-bond donors (Lipinski definition) is 1. The van der Waals surface area contributed by atoms with Crippen LogP contribution in [-0.2, 0) is 4.79 Å². The van der Waals surface area contributed by atoms with Gasteiger partial charge in [0.15, 0.2) is 0 Å². The number of halogens is 1. The molecule has 1 amide bonds. The van der Waals surface area contributed by atoms with E-state index in [2.05, 4.69) is 26.3 Å². The summed E-state index contributed by atoms with van der Waals surface area (Å²) in [6.07, 6.45) is 0. The molecule has 2 rings (SSSR count). The van der Waals surface area contributed by atoms with Gasteiger partial charge in [-0.15, -0.1) is 0 Å². The molecule has 100 valence electrons. The molecule has 2 aromatic rings. The highest BCUT2D eigenvalue weighted by Gasteiger charge is 2.14. The fourth-order valence-corrected chi connectivity index (χ4v) is 2.19. The summed E-state index contributed by atoms with van der Waals surface area (Å²) in [6, 6.07) is 5.32. The number of aromatic nitrogens is 2. The zero-order chi connectivity index (χ0) is 14.2. The van der Waals surface area contributed by atoms with Crippen molar-refractivity contribution in [1.82, 2.24) is 9.66 Å². The summed E-state index contributed by atoms with van der Waals surface area (Å²) in [5.74, 6) is 0.253. The van der Waals surface area contributed by atoms with E-state index < -0.39 is 0 Å². The molecule has 0 atom stereocenters. The van der Waals surface area contributed by atoms with Crippen molar-refractivity contribution in [3.63, 3.8) is 0 Å². The second kappa shape index (κ2) is 5.13. The summed E-state index contributed by atoms with van der Waals surface area (Å²) in [5, 5.41) is 0.465. The zero-order valence-corrected chi connectivity index (χ0v) is 12.5. The SMILES string of the molecule is CC(=O)Nn1c(C(C)C)nc2ccc(Br)cc2c1=O. The zero-order valence-electron chi connectivity index (χ0n) is 10.9. The Morgan fingerprint density at radius 1 is 1.42 bits per heavy atom. The normalized spacial score (nSPS) is 11.0. The molecule has 0 saturated carbocycles. The largest absolute Gasteiger partial charge is 0.280 e. The molecule has 0 bridgehead atoms. The van der Waals surface area contributed by atoms with Gasteiger partial charge in [-0.3, -0.25) is 15.0 Å². The van der Waals surface area contributed by atoms with Gasteiger partial charge >= 0.3 is 0 Å². The molecule has 1 N–H and O–H groups in total. The highest BCUT2D eigenvalue weighted by molar-refractivity contribution is 9.10. The number of carbonyl (C=O) groups is 1. The van der Waals surface area contributed by atoms with Gasteiger partial charge in [-0.25, -0.2) is 9.66 Å². The lowest BCUT2D eigenvalue weighted by Crippen LogP contribution is -2.35. The van der Waals surface area contributed by atoms with Crippen LogP contribution in [0.25, 0.3) is 10.9 Å². The number of nitrogens with one attached hydrogen (secondary N) is 1. The number of carbonyl (C=O) groups excluding carboxylic acids is 1. The Bertz CT molecular complexity index is 707. The second-order valence-corrected chi connectivity index (χ2v) is 5.51. The van der Waals surface area contributed by atoms with Crippen molar-refractivity contribution in [2.24, 2.45) is 0 Å². The van der Waals surface area contributed by atoms with Gasteiger partial charge in [0.2, 0.25) is 5.91 Å². The molecule has 6 heteroatoms. The number of benzene rings is 1. The average molecular weight is 324 g/mol. The highest BCUT2D eigenvalue weighted by atomic mass is 79.9. The van der Waals surface area contributed by atoms with Crippen molar-refractivity contribution in [1.29, 1.82) is 0 Å². The molecule has 0 fully saturated rings. The topological polar surface area (TPSA) is 64.0 Å². The molecular weight excluding hydrogens is 310 g/mol. The van der Waals surface area contributed by atoms with Gasteiger partial charge in [-0.05, 0) is 18.2 Å². The van der Waals surface area contributed by atoms with Crippen LogP contribution in [0.15, 0.2) is 27.5 Å². The van der Waals surface area contributed by atoms with Gasteiger partial charge < -0.3 is 0 Å². The van der Waals surface area contributed by atoms with Crippen LogP contribution in [0.5, 0.6) is 0 Å². The van der Waals surface area contributed by atoms with Gasteiger partial charge in [0.05, 0.1) is 10.9 Å². The van der Waals surface area contributed by atoms with Crippen molar-refractivity contribution >= 4 is 32.7 Å². The molecular formula is C13H14BrN3O2. The van der Waals surface area contributed by atoms with Gasteiger partial charge in [0.1, 0.15) is 5.82 Å². The molecule has 0 radical (unpaired) electrons. The van der Waals surface area contributed by atoms with E-state index in [0.717, 1.165) is 4.47 Å². The van der Waals surface area contributed by atoms with E-state index in [9.17, 15) is 9.59 Å². The van der Waals surface area contributed by atoms with Gasteiger partial charge in [-0.2, -0.15) is 0 Å². The lowest BCUT2D eigenvalue weighted by molar-refractivity contribution is -0.115. The van der Waals surface area contributed by atoms with E-state index in [1.54, 1.807) is 12.1 Å². The Morgan fingerprint density at radius 3 is 2.68 bits per heavy atom. The van der Waals surface area contributed by atoms with Crippen molar-refractivity contribution in [3.05, 3.63) is 38.9 Å². The van der Waals surface area contributed by atoms with E-state index in [4.69, 9.17) is 0 Å². The van der Waals surface area contributed by atoms with Crippen LogP contribution in [0, 0.1) is 0 Å². The van der Waals surface area contributed by atoms with Gasteiger partial charge in [0.25, 0.3) is 5.56 Å². The van der Waals surface area contributed by atoms with Crippen molar-refractivity contribution < 1.29 is 4.79 Å². The maximum Gasteiger partial charge on any atom is 0.280 e. The lowest BCUT2D eigenvalue weighted by Gasteiger charge is -2.15. The lowest BCUT2D eigenvalue weighted by atomic mass is 10.2. The highest BCUT2D eigenvalue weighted by Crippen LogP contribution is 2.18.